The summed E-state index contributed by atoms with van der Waals surface area (Å²) in [5.41, 5.74) is 0.521. The first kappa shape index (κ1) is 20.8. The molecule has 0 spiro atoms. The molecule has 1 aromatic heterocycles. The largest absolute Gasteiger partial charge is 0.507 e. The lowest BCUT2D eigenvalue weighted by molar-refractivity contribution is 0.102. The second-order valence-corrected chi connectivity index (χ2v) is 7.50. The van der Waals surface area contributed by atoms with Crippen LogP contribution in [-0.2, 0) is 0 Å². The van der Waals surface area contributed by atoms with Crippen LogP contribution in [0.4, 0.5) is 5.69 Å². The first-order chi connectivity index (χ1) is 14.9. The Kier molecular flexibility index (Phi) is 5.59. The Bertz CT molecular complexity index is 1360. The van der Waals surface area contributed by atoms with Gasteiger partial charge in [-0.3, -0.25) is 9.59 Å². The van der Waals surface area contributed by atoms with E-state index in [1.54, 1.807) is 24.3 Å². The van der Waals surface area contributed by atoms with Crippen molar-refractivity contribution < 1.29 is 19.1 Å². The van der Waals surface area contributed by atoms with Gasteiger partial charge >= 0.3 is 0 Å². The Morgan fingerprint density at radius 3 is 2.45 bits per heavy atom. The van der Waals surface area contributed by atoms with Gasteiger partial charge in [0.15, 0.2) is 11.0 Å². The van der Waals surface area contributed by atoms with Crippen LogP contribution in [0.15, 0.2) is 69.9 Å². The maximum atomic E-state index is 12.8. The zero-order chi connectivity index (χ0) is 22.1. The third-order valence-corrected chi connectivity index (χ3v) is 5.04. The number of hydrogen-bond donors (Lipinski definition) is 2. The molecule has 4 rings (SSSR count). The minimum Gasteiger partial charge on any atom is -0.507 e. The maximum Gasteiger partial charge on any atom is 0.255 e. The number of carbonyl (C=O) groups is 1. The molecule has 2 N–H and O–H groups in total. The van der Waals surface area contributed by atoms with Crippen LogP contribution >= 0.6 is 23.2 Å². The number of methoxy groups -OCH3 is 1. The SMILES string of the molecule is COc1ccccc1-c1cc(=O)c2c(O)ccc(NC(=O)c3cc(Cl)cc(Cl)c3)c2o1. The topological polar surface area (TPSA) is 88.8 Å². The molecule has 0 aliphatic rings. The number of para-hydroxylation sites is 1. The summed E-state index contributed by atoms with van der Waals surface area (Å²) >= 11 is 12.0. The molecule has 1 amide bonds. The molecule has 0 unspecified atom stereocenters. The van der Waals surface area contributed by atoms with Crippen molar-refractivity contribution in [1.82, 2.24) is 0 Å². The normalized spacial score (nSPS) is 10.8. The van der Waals surface area contributed by atoms with Crippen molar-refractivity contribution in [3.8, 4) is 22.8 Å². The molecular formula is C23H15Cl2NO5. The molecule has 0 saturated heterocycles. The summed E-state index contributed by atoms with van der Waals surface area (Å²) in [6, 6.07) is 15.5. The molecular weight excluding hydrogens is 441 g/mol. The highest BCUT2D eigenvalue weighted by Crippen LogP contribution is 2.35. The van der Waals surface area contributed by atoms with Crippen molar-refractivity contribution >= 4 is 45.8 Å². The highest BCUT2D eigenvalue weighted by Gasteiger charge is 2.18. The minimum atomic E-state index is -0.512. The zero-order valence-corrected chi connectivity index (χ0v) is 17.6. The monoisotopic (exact) mass is 455 g/mol. The van der Waals surface area contributed by atoms with Gasteiger partial charge in [0.25, 0.3) is 5.91 Å². The fourth-order valence-electron chi connectivity index (χ4n) is 3.21. The van der Waals surface area contributed by atoms with E-state index in [4.69, 9.17) is 32.4 Å². The average molecular weight is 456 g/mol. The summed E-state index contributed by atoms with van der Waals surface area (Å²) in [6.45, 7) is 0. The molecule has 3 aromatic carbocycles. The molecule has 0 radical (unpaired) electrons. The van der Waals surface area contributed by atoms with Crippen LogP contribution in [0.3, 0.4) is 0 Å². The number of phenols is 1. The number of carbonyl (C=O) groups excluding carboxylic acids is 1. The molecule has 4 aromatic rings. The predicted molar refractivity (Wildman–Crippen MR) is 121 cm³/mol. The third kappa shape index (κ3) is 4.08. The van der Waals surface area contributed by atoms with Crippen molar-refractivity contribution in [2.75, 3.05) is 12.4 Å². The van der Waals surface area contributed by atoms with Crippen LogP contribution in [0.2, 0.25) is 10.0 Å². The van der Waals surface area contributed by atoms with Gasteiger partial charge in [-0.1, -0.05) is 35.3 Å². The van der Waals surface area contributed by atoms with E-state index in [2.05, 4.69) is 5.32 Å². The van der Waals surface area contributed by atoms with E-state index >= 15 is 0 Å². The quantitative estimate of drug-likeness (QED) is 0.383. The number of anilines is 1. The van der Waals surface area contributed by atoms with Crippen LogP contribution in [0.25, 0.3) is 22.3 Å². The lowest BCUT2D eigenvalue weighted by Gasteiger charge is -2.12. The number of aromatic hydroxyl groups is 1. The number of fused-ring (bicyclic) bond motifs is 1. The van der Waals surface area contributed by atoms with Gasteiger partial charge in [-0.25, -0.2) is 0 Å². The number of ether oxygens (including phenoxy) is 1. The van der Waals surface area contributed by atoms with Crippen molar-refractivity contribution in [3.05, 3.63) is 86.5 Å². The number of phenolic OH excluding ortho intramolecular Hbond substituents is 1. The zero-order valence-electron chi connectivity index (χ0n) is 16.1. The minimum absolute atomic E-state index is 0.0230. The standard InChI is InChI=1S/C23H15Cl2NO5/c1-30-19-5-3-2-4-15(19)20-11-18(28)21-17(27)7-6-16(22(21)31-20)26-23(29)12-8-13(24)10-14(25)9-12/h2-11,27H,1H3,(H,26,29). The lowest BCUT2D eigenvalue weighted by atomic mass is 10.1. The first-order valence-electron chi connectivity index (χ1n) is 9.08. The van der Waals surface area contributed by atoms with Gasteiger partial charge in [0.1, 0.15) is 22.6 Å². The van der Waals surface area contributed by atoms with Crippen LogP contribution in [0.5, 0.6) is 11.5 Å². The van der Waals surface area contributed by atoms with E-state index in [0.29, 0.717) is 21.4 Å². The summed E-state index contributed by atoms with van der Waals surface area (Å²) in [5, 5.41) is 13.5. The highest BCUT2D eigenvalue weighted by atomic mass is 35.5. The van der Waals surface area contributed by atoms with E-state index in [9.17, 15) is 14.7 Å². The molecule has 0 fully saturated rings. The molecule has 0 aliphatic carbocycles. The number of nitrogens with one attached hydrogen (secondary N) is 1. The fourth-order valence-corrected chi connectivity index (χ4v) is 3.73. The number of halogens is 2. The average Bonchev–Trinajstić information content (AvgIpc) is 2.74. The molecule has 6 nitrogen and oxygen atoms in total. The van der Waals surface area contributed by atoms with Gasteiger partial charge in [0.2, 0.25) is 0 Å². The Balaban J connectivity index is 1.86. The number of hydrogen-bond acceptors (Lipinski definition) is 5. The summed E-state index contributed by atoms with van der Waals surface area (Å²) in [5.74, 6) is -0.0491. The highest BCUT2D eigenvalue weighted by molar-refractivity contribution is 6.35. The lowest BCUT2D eigenvalue weighted by Crippen LogP contribution is -2.13. The van der Waals surface area contributed by atoms with Gasteiger partial charge < -0.3 is 19.6 Å². The molecule has 31 heavy (non-hydrogen) atoms. The Morgan fingerprint density at radius 1 is 1.03 bits per heavy atom. The third-order valence-electron chi connectivity index (χ3n) is 4.60. The molecule has 0 aliphatic heterocycles. The summed E-state index contributed by atoms with van der Waals surface area (Å²) in [4.78, 5) is 25.5. The van der Waals surface area contributed by atoms with Crippen molar-refractivity contribution in [1.29, 1.82) is 0 Å². The second kappa shape index (κ2) is 8.34. The fraction of sp³-hybridized carbons (Fsp3) is 0.0435. The van der Waals surface area contributed by atoms with Gasteiger partial charge in [-0.15, -0.1) is 0 Å². The number of rotatable bonds is 4. The summed E-state index contributed by atoms with van der Waals surface area (Å²) in [7, 11) is 1.51. The Morgan fingerprint density at radius 2 is 1.74 bits per heavy atom. The van der Waals surface area contributed by atoms with E-state index in [-0.39, 0.29) is 33.7 Å². The molecule has 0 bridgehead atoms. The van der Waals surface area contributed by atoms with Crippen molar-refractivity contribution in [2.45, 2.75) is 0 Å². The number of amides is 1. The summed E-state index contributed by atoms with van der Waals surface area (Å²) in [6.07, 6.45) is 0. The molecule has 0 atom stereocenters. The van der Waals surface area contributed by atoms with E-state index in [1.807, 2.05) is 0 Å². The van der Waals surface area contributed by atoms with Crippen molar-refractivity contribution in [3.63, 3.8) is 0 Å². The smallest absolute Gasteiger partial charge is 0.255 e. The Hall–Kier alpha value is -3.48. The molecule has 8 heteroatoms. The number of benzene rings is 3. The maximum absolute atomic E-state index is 12.8. The molecule has 1 heterocycles. The van der Waals surface area contributed by atoms with Crippen molar-refractivity contribution in [2.24, 2.45) is 0 Å². The van der Waals surface area contributed by atoms with Crippen LogP contribution in [0.1, 0.15) is 10.4 Å². The van der Waals surface area contributed by atoms with Crippen LogP contribution in [-0.4, -0.2) is 18.1 Å². The van der Waals surface area contributed by atoms with Crippen LogP contribution < -0.4 is 15.5 Å². The Labute approximate surface area is 186 Å². The molecule has 156 valence electrons. The van der Waals surface area contributed by atoms with Gasteiger partial charge in [-0.2, -0.15) is 0 Å². The van der Waals surface area contributed by atoms with E-state index < -0.39 is 11.3 Å². The van der Waals surface area contributed by atoms with Gasteiger partial charge in [-0.05, 0) is 42.5 Å². The second-order valence-electron chi connectivity index (χ2n) is 6.62. The van der Waals surface area contributed by atoms with Gasteiger partial charge in [0, 0.05) is 21.7 Å². The van der Waals surface area contributed by atoms with E-state index in [0.717, 1.165) is 0 Å². The predicted octanol–water partition coefficient (Wildman–Crippen LogP) is 5.73. The summed E-state index contributed by atoms with van der Waals surface area (Å²) < 4.78 is 11.3. The van der Waals surface area contributed by atoms with E-state index in [1.165, 1.54) is 43.5 Å². The van der Waals surface area contributed by atoms with Gasteiger partial charge in [0.05, 0.1) is 18.4 Å². The first-order valence-corrected chi connectivity index (χ1v) is 9.83. The molecule has 0 saturated carbocycles. The van der Waals surface area contributed by atoms with Crippen LogP contribution in [0, 0.1) is 0 Å².